The smallest absolute Gasteiger partial charge is 0.0565 e. The van der Waals surface area contributed by atoms with E-state index >= 15 is 0 Å². The van der Waals surface area contributed by atoms with E-state index in [1.165, 1.54) is 0 Å². The molecule has 0 aromatic heterocycles. The quantitative estimate of drug-likeness (QED) is 0.479. The van der Waals surface area contributed by atoms with Crippen LogP contribution in [0, 0.1) is 0 Å². The first kappa shape index (κ1) is 15.1. The maximum absolute atomic E-state index is 5.92. The number of anilines is 3. The molecule has 3 aromatic rings. The molecule has 0 unspecified atom stereocenters. The maximum atomic E-state index is 5.92. The SMILES string of the molecule is Clc1ccc(Nc2ccccc2C=NNc2ccccc2)cc1. The zero-order valence-corrected chi connectivity index (χ0v) is 13.2. The molecule has 3 rings (SSSR count). The number of hydrazone groups is 1. The number of hydrogen-bond donors (Lipinski definition) is 2. The van der Waals surface area contributed by atoms with Crippen molar-refractivity contribution in [3.8, 4) is 0 Å². The molecule has 3 nitrogen and oxygen atoms in total. The minimum atomic E-state index is 0.720. The Balaban J connectivity index is 1.74. The Hall–Kier alpha value is -2.78. The van der Waals surface area contributed by atoms with Crippen LogP contribution in [0.25, 0.3) is 0 Å². The number of para-hydroxylation sites is 2. The van der Waals surface area contributed by atoms with E-state index in [0.717, 1.165) is 27.6 Å². The van der Waals surface area contributed by atoms with Gasteiger partial charge in [0.1, 0.15) is 0 Å². The van der Waals surface area contributed by atoms with Crippen LogP contribution in [0.15, 0.2) is 84.0 Å². The molecule has 0 heterocycles. The van der Waals surface area contributed by atoms with Gasteiger partial charge in [-0.05, 0) is 42.5 Å². The molecule has 0 aliphatic rings. The van der Waals surface area contributed by atoms with E-state index in [-0.39, 0.29) is 0 Å². The summed E-state index contributed by atoms with van der Waals surface area (Å²) < 4.78 is 0. The molecule has 0 saturated heterocycles. The predicted octanol–water partition coefficient (Wildman–Crippen LogP) is 5.53. The molecule has 0 bridgehead atoms. The molecule has 2 N–H and O–H groups in total. The maximum Gasteiger partial charge on any atom is 0.0565 e. The van der Waals surface area contributed by atoms with Crippen molar-refractivity contribution < 1.29 is 0 Å². The first-order chi connectivity index (χ1) is 11.3. The second-order valence-corrected chi connectivity index (χ2v) is 5.39. The topological polar surface area (TPSA) is 36.4 Å². The second kappa shape index (κ2) is 7.47. The van der Waals surface area contributed by atoms with Gasteiger partial charge in [-0.1, -0.05) is 48.0 Å². The van der Waals surface area contributed by atoms with Crippen LogP contribution in [0.1, 0.15) is 5.56 Å². The van der Waals surface area contributed by atoms with Gasteiger partial charge < -0.3 is 5.32 Å². The summed E-state index contributed by atoms with van der Waals surface area (Å²) in [6.07, 6.45) is 1.80. The minimum Gasteiger partial charge on any atom is -0.355 e. The highest BCUT2D eigenvalue weighted by molar-refractivity contribution is 6.30. The summed E-state index contributed by atoms with van der Waals surface area (Å²) in [7, 11) is 0. The van der Waals surface area contributed by atoms with Gasteiger partial charge in [-0.3, -0.25) is 5.43 Å². The molecule has 0 aliphatic carbocycles. The minimum absolute atomic E-state index is 0.720. The van der Waals surface area contributed by atoms with Crippen LogP contribution in [0.5, 0.6) is 0 Å². The molecule has 0 amide bonds. The summed E-state index contributed by atoms with van der Waals surface area (Å²) in [6, 6.07) is 25.4. The van der Waals surface area contributed by atoms with Crippen molar-refractivity contribution >= 4 is 34.9 Å². The van der Waals surface area contributed by atoms with E-state index in [1.807, 2.05) is 78.9 Å². The Bertz CT molecular complexity index is 783. The van der Waals surface area contributed by atoms with Crippen LogP contribution in [0.4, 0.5) is 17.1 Å². The highest BCUT2D eigenvalue weighted by atomic mass is 35.5. The van der Waals surface area contributed by atoms with E-state index in [2.05, 4.69) is 15.8 Å². The van der Waals surface area contributed by atoms with Crippen molar-refractivity contribution in [2.24, 2.45) is 5.10 Å². The van der Waals surface area contributed by atoms with Gasteiger partial charge in [-0.25, -0.2) is 0 Å². The van der Waals surface area contributed by atoms with E-state index in [4.69, 9.17) is 11.6 Å². The van der Waals surface area contributed by atoms with Gasteiger partial charge in [0, 0.05) is 22.0 Å². The Morgan fingerprint density at radius 2 is 1.43 bits per heavy atom. The molecule has 4 heteroatoms. The fourth-order valence-corrected chi connectivity index (χ4v) is 2.23. The average Bonchev–Trinajstić information content (AvgIpc) is 2.59. The average molecular weight is 322 g/mol. The van der Waals surface area contributed by atoms with E-state index < -0.39 is 0 Å². The van der Waals surface area contributed by atoms with Crippen LogP contribution in [-0.2, 0) is 0 Å². The Labute approximate surface area is 140 Å². The molecule has 0 atom stereocenters. The van der Waals surface area contributed by atoms with Crippen molar-refractivity contribution in [3.63, 3.8) is 0 Å². The zero-order valence-electron chi connectivity index (χ0n) is 12.4. The molecule has 0 spiro atoms. The van der Waals surface area contributed by atoms with Crippen LogP contribution >= 0.6 is 11.6 Å². The third-order valence-corrected chi connectivity index (χ3v) is 3.51. The number of benzene rings is 3. The Morgan fingerprint density at radius 1 is 0.739 bits per heavy atom. The zero-order chi connectivity index (χ0) is 15.9. The van der Waals surface area contributed by atoms with Crippen LogP contribution in [0.2, 0.25) is 5.02 Å². The first-order valence-corrected chi connectivity index (χ1v) is 7.65. The highest BCUT2D eigenvalue weighted by Gasteiger charge is 2.00. The summed E-state index contributed by atoms with van der Waals surface area (Å²) in [5.74, 6) is 0. The molecular formula is C19H16ClN3. The lowest BCUT2D eigenvalue weighted by molar-refractivity contribution is 1.35. The van der Waals surface area contributed by atoms with Crippen LogP contribution in [0.3, 0.4) is 0 Å². The van der Waals surface area contributed by atoms with Gasteiger partial charge in [0.05, 0.1) is 11.9 Å². The van der Waals surface area contributed by atoms with Crippen LogP contribution in [-0.4, -0.2) is 6.21 Å². The molecule has 0 fully saturated rings. The molecule has 0 saturated carbocycles. The third-order valence-electron chi connectivity index (χ3n) is 3.26. The first-order valence-electron chi connectivity index (χ1n) is 7.27. The van der Waals surface area contributed by atoms with E-state index in [9.17, 15) is 0 Å². The number of rotatable bonds is 5. The lowest BCUT2D eigenvalue weighted by Crippen LogP contribution is -1.96. The van der Waals surface area contributed by atoms with Crippen molar-refractivity contribution in [3.05, 3.63) is 89.4 Å². The van der Waals surface area contributed by atoms with Gasteiger partial charge in [-0.15, -0.1) is 0 Å². The lowest BCUT2D eigenvalue weighted by atomic mass is 10.2. The molecular weight excluding hydrogens is 306 g/mol. The summed E-state index contributed by atoms with van der Waals surface area (Å²) in [5, 5.41) is 8.38. The molecule has 114 valence electrons. The normalized spacial score (nSPS) is 10.7. The Morgan fingerprint density at radius 3 is 2.22 bits per heavy atom. The van der Waals surface area contributed by atoms with E-state index in [1.54, 1.807) is 6.21 Å². The standard InChI is InChI=1S/C19H16ClN3/c20-16-10-12-17(13-11-16)22-19-9-5-4-6-15(19)14-21-23-18-7-2-1-3-8-18/h1-14,22-23H. The van der Waals surface area contributed by atoms with Gasteiger partial charge in [0.15, 0.2) is 0 Å². The number of halogens is 1. The third kappa shape index (κ3) is 4.34. The number of nitrogens with zero attached hydrogens (tertiary/aromatic N) is 1. The lowest BCUT2D eigenvalue weighted by Gasteiger charge is -2.09. The summed E-state index contributed by atoms with van der Waals surface area (Å²) in [6.45, 7) is 0. The Kier molecular flexibility index (Phi) is 4.92. The van der Waals surface area contributed by atoms with Crippen molar-refractivity contribution in [2.45, 2.75) is 0 Å². The fraction of sp³-hybridized carbons (Fsp3) is 0. The highest BCUT2D eigenvalue weighted by Crippen LogP contribution is 2.21. The molecule has 0 aliphatic heterocycles. The number of nitrogens with one attached hydrogen (secondary N) is 2. The van der Waals surface area contributed by atoms with Crippen molar-refractivity contribution in [1.29, 1.82) is 0 Å². The predicted molar refractivity (Wildman–Crippen MR) is 98.8 cm³/mol. The van der Waals surface area contributed by atoms with Gasteiger partial charge >= 0.3 is 0 Å². The monoisotopic (exact) mass is 321 g/mol. The van der Waals surface area contributed by atoms with E-state index in [0.29, 0.717) is 0 Å². The van der Waals surface area contributed by atoms with Gasteiger partial charge in [0.25, 0.3) is 0 Å². The largest absolute Gasteiger partial charge is 0.355 e. The molecule has 23 heavy (non-hydrogen) atoms. The molecule has 3 aromatic carbocycles. The fourth-order valence-electron chi connectivity index (χ4n) is 2.10. The number of hydrogen-bond acceptors (Lipinski definition) is 3. The van der Waals surface area contributed by atoms with Gasteiger partial charge in [-0.2, -0.15) is 5.10 Å². The summed E-state index contributed by atoms with van der Waals surface area (Å²) in [4.78, 5) is 0. The summed E-state index contributed by atoms with van der Waals surface area (Å²) >= 11 is 5.92. The molecule has 0 radical (unpaired) electrons. The van der Waals surface area contributed by atoms with Crippen molar-refractivity contribution in [1.82, 2.24) is 0 Å². The summed E-state index contributed by atoms with van der Waals surface area (Å²) in [5.41, 5.74) is 6.92. The van der Waals surface area contributed by atoms with Gasteiger partial charge in [0.2, 0.25) is 0 Å². The van der Waals surface area contributed by atoms with Crippen molar-refractivity contribution in [2.75, 3.05) is 10.7 Å². The second-order valence-electron chi connectivity index (χ2n) is 4.96. The van der Waals surface area contributed by atoms with Crippen LogP contribution < -0.4 is 10.7 Å².